The van der Waals surface area contributed by atoms with Crippen LogP contribution in [-0.4, -0.2) is 171 Å². The molecular weight excluding hydrogens is 1680 g/mol. The van der Waals surface area contributed by atoms with Crippen LogP contribution in [0.5, 0.6) is 23.0 Å². The number of nitrogens with one attached hydrogen (secondary N) is 8. The van der Waals surface area contributed by atoms with Gasteiger partial charge in [0.15, 0.2) is 45.8 Å². The van der Waals surface area contributed by atoms with E-state index in [1.54, 1.807) is 88.4 Å². The van der Waals surface area contributed by atoms with Crippen LogP contribution in [-0.2, 0) is 68.3 Å². The number of amides is 4. The summed E-state index contributed by atoms with van der Waals surface area (Å²) >= 11 is 0. The lowest BCUT2D eigenvalue weighted by atomic mass is 10.1. The molecule has 4 amide bonds. The summed E-state index contributed by atoms with van der Waals surface area (Å²) in [4.78, 5) is 51.0. The van der Waals surface area contributed by atoms with Gasteiger partial charge in [-0.2, -0.15) is 21.0 Å². The van der Waals surface area contributed by atoms with Gasteiger partial charge in [0.05, 0.1) is 70.7 Å². The Kier molecular flexibility index (Phi) is 28.1. The molecular formula is C84H84N16O20S4. The number of rotatable bonds is 12. The van der Waals surface area contributed by atoms with Gasteiger partial charge >= 0.3 is 0 Å². The molecule has 4 aromatic heterocycles. The number of nitriles is 4. The van der Waals surface area contributed by atoms with Crippen LogP contribution in [0.3, 0.4) is 0 Å². The third-order valence-corrected chi connectivity index (χ3v) is 25.8. The van der Waals surface area contributed by atoms with Crippen LogP contribution in [0.15, 0.2) is 117 Å². The number of hydrogen-bond acceptors (Lipinski definition) is 24. The quantitative estimate of drug-likeness (QED) is 0.0758. The second kappa shape index (κ2) is 38.0. The summed E-state index contributed by atoms with van der Waals surface area (Å²) in [6.45, 7) is 9.36. The molecule has 2 fully saturated rings. The highest BCUT2D eigenvalue weighted by Crippen LogP contribution is 2.39. The van der Waals surface area contributed by atoms with E-state index in [0.29, 0.717) is 45.0 Å². The molecule has 2 saturated carbocycles. The van der Waals surface area contributed by atoms with Gasteiger partial charge in [0, 0.05) is 87.6 Å². The average Bonchev–Trinajstić information content (AvgIpc) is 1.63. The van der Waals surface area contributed by atoms with E-state index in [1.165, 1.54) is 97.2 Å². The number of hydrogen-bond donors (Lipinski definition) is 12. The Morgan fingerprint density at radius 3 is 0.782 bits per heavy atom. The van der Waals surface area contributed by atoms with Crippen LogP contribution in [0.4, 0.5) is 22.7 Å². The fourth-order valence-corrected chi connectivity index (χ4v) is 18.5. The number of aliphatic hydroxyl groups excluding tert-OH is 4. The highest BCUT2D eigenvalue weighted by atomic mass is 32.2. The number of ether oxygens (including phenoxy) is 4. The molecule has 40 heteroatoms. The number of carbonyl (C=O) groups excluding carboxylic acids is 4. The van der Waals surface area contributed by atoms with Gasteiger partial charge in [0.2, 0.25) is 40.1 Å². The van der Waals surface area contributed by atoms with Crippen molar-refractivity contribution in [3.63, 3.8) is 0 Å². The van der Waals surface area contributed by atoms with Crippen molar-refractivity contribution in [1.82, 2.24) is 37.2 Å². The number of anilines is 4. The van der Waals surface area contributed by atoms with E-state index in [9.17, 15) is 83.8 Å². The molecule has 8 heterocycles. The summed E-state index contributed by atoms with van der Waals surface area (Å²) in [6.07, 6.45) is 4.01. The van der Waals surface area contributed by atoms with Crippen LogP contribution in [0, 0.1) is 132 Å². The van der Waals surface area contributed by atoms with Gasteiger partial charge in [-0.05, 0) is 138 Å². The van der Waals surface area contributed by atoms with Gasteiger partial charge in [-0.1, -0.05) is 59.8 Å². The molecule has 0 bridgehead atoms. The number of sulfonamides is 4. The minimum Gasteiger partial charge on any atom is -0.488 e. The van der Waals surface area contributed by atoms with Gasteiger partial charge in [0.25, 0.3) is 23.6 Å². The van der Waals surface area contributed by atoms with E-state index in [1.807, 2.05) is 12.1 Å². The third kappa shape index (κ3) is 21.1. The Hall–Kier alpha value is -13.2. The van der Waals surface area contributed by atoms with Crippen molar-refractivity contribution in [3.8, 4) is 94.6 Å². The summed E-state index contributed by atoms with van der Waals surface area (Å²) in [5.74, 6) is 18.9. The second-order valence-corrected chi connectivity index (χ2v) is 36.1. The van der Waals surface area contributed by atoms with E-state index >= 15 is 0 Å². The standard InChI is InChI=1S/2C22H22N4O5S.2C20H20N4O5S/c2*1-13-3-7-16(9-15(13)10-23)24-22(28)20-21-19(11-26(20)2)32(29,30)25-17(12-31-21)18(27)8-6-14-4-5-14;2*1-4-5-16(25)15-11-29-19-17(30(27,28)23-15)10-24(3)18(19)20(26)22-14-7-6-12(2)13(8-14)9-21/h2*3,7,9,11,14,17-18,25,27H,4-5,12H2,1-2H3,(H,24,28);2*6-8,10,15-16,23,25H,11H2,1-3H3,(H,22,26)/t17-,18+;17-,18-;15-,16+;15-,16-/m1100/s1. The molecule has 644 valence electrons. The van der Waals surface area contributed by atoms with Gasteiger partial charge in [-0.15, -0.1) is 11.8 Å². The minimum atomic E-state index is -4.07. The Balaban J connectivity index is 0.000000161. The van der Waals surface area contributed by atoms with Gasteiger partial charge in [0.1, 0.15) is 70.4 Å². The van der Waals surface area contributed by atoms with Crippen LogP contribution < -0.4 is 59.1 Å². The predicted octanol–water partition coefficient (Wildman–Crippen LogP) is 4.30. The Morgan fingerprint density at radius 1 is 0.379 bits per heavy atom. The highest BCUT2D eigenvalue weighted by molar-refractivity contribution is 7.90. The maximum absolute atomic E-state index is 13.0. The molecule has 0 spiro atoms. The van der Waals surface area contributed by atoms with Crippen molar-refractivity contribution in [3.05, 3.63) is 165 Å². The molecule has 124 heavy (non-hydrogen) atoms. The molecule has 4 aromatic carbocycles. The molecule has 2 aliphatic carbocycles. The molecule has 14 rings (SSSR count). The van der Waals surface area contributed by atoms with E-state index < -0.39 is 112 Å². The Labute approximate surface area is 715 Å². The molecule has 4 aliphatic heterocycles. The van der Waals surface area contributed by atoms with Crippen LogP contribution in [0.2, 0.25) is 0 Å². The maximum Gasteiger partial charge on any atom is 0.276 e. The fraction of sp³-hybridized carbons (Fsp3) is 0.333. The number of benzene rings is 4. The average molecular weight is 1770 g/mol. The lowest BCUT2D eigenvalue weighted by molar-refractivity contribution is 0.0999. The second-order valence-electron chi connectivity index (χ2n) is 29.4. The highest BCUT2D eigenvalue weighted by Gasteiger charge is 2.42. The van der Waals surface area contributed by atoms with Gasteiger partial charge in [-0.3, -0.25) is 19.2 Å². The molecule has 0 saturated heterocycles. The molecule has 8 atom stereocenters. The van der Waals surface area contributed by atoms with Crippen molar-refractivity contribution in [2.45, 2.75) is 135 Å². The monoisotopic (exact) mass is 1760 g/mol. The first-order chi connectivity index (χ1) is 58.7. The summed E-state index contributed by atoms with van der Waals surface area (Å²) in [5, 5.41) is 88.2. The number of aryl methyl sites for hydroxylation is 8. The summed E-state index contributed by atoms with van der Waals surface area (Å²) < 4.78 is 140. The first kappa shape index (κ1) is 91.5. The van der Waals surface area contributed by atoms with E-state index in [2.05, 4.69) is 99.7 Å². The first-order valence-electron chi connectivity index (χ1n) is 38.0. The van der Waals surface area contributed by atoms with E-state index in [-0.39, 0.29) is 104 Å². The molecule has 0 unspecified atom stereocenters. The zero-order chi connectivity index (χ0) is 90.2. The van der Waals surface area contributed by atoms with Crippen molar-refractivity contribution < 1.29 is 92.2 Å². The van der Waals surface area contributed by atoms with Crippen molar-refractivity contribution in [2.75, 3.05) is 47.7 Å². The molecule has 36 nitrogen and oxygen atoms in total. The zero-order valence-corrected chi connectivity index (χ0v) is 71.5. The van der Waals surface area contributed by atoms with Crippen LogP contribution in [0.1, 0.15) is 126 Å². The third-order valence-electron chi connectivity index (χ3n) is 19.9. The lowest BCUT2D eigenvalue weighted by Gasteiger charge is -2.17. The van der Waals surface area contributed by atoms with Crippen molar-refractivity contribution in [1.29, 1.82) is 21.0 Å². The molecule has 0 radical (unpaired) electrons. The minimum absolute atomic E-state index is 0.00339. The van der Waals surface area contributed by atoms with Crippen LogP contribution >= 0.6 is 0 Å². The molecule has 12 N–H and O–H groups in total. The normalized spacial score (nSPS) is 18.9. The summed E-state index contributed by atoms with van der Waals surface area (Å²) in [6, 6.07) is 23.8. The van der Waals surface area contributed by atoms with Crippen molar-refractivity contribution in [2.24, 2.45) is 40.0 Å². The SMILES string of the molecule is CC#C[C@@H](O)[C@@H]1COc2c(cn(C)c2C(=O)Nc2ccc(C)c(C#N)c2)S(=O)(=O)N1.CC#C[C@H](O)[C@@H]1COc2c(cn(C)c2C(=O)Nc2ccc(C)c(C#N)c2)S(=O)(=O)N1.Cc1ccc(NC(=O)c2c3c(cn2C)S(=O)(=O)N[C@@H]([C@@H](O)C#CC2CC2)CO3)cc1C#N.Cc1ccc(NC(=O)c2c3c(cn2C)S(=O)(=O)N[C@@H]([C@H](O)C#CC2CC2)CO3)cc1C#N. The largest absolute Gasteiger partial charge is 0.488 e. The van der Waals surface area contributed by atoms with E-state index in [0.717, 1.165) is 47.9 Å². The van der Waals surface area contributed by atoms with Crippen LogP contribution in [0.25, 0.3) is 0 Å². The summed E-state index contributed by atoms with van der Waals surface area (Å²) in [7, 11) is -10.1. The Bertz CT molecular complexity index is 6190. The Morgan fingerprint density at radius 2 is 0.589 bits per heavy atom. The first-order valence-corrected chi connectivity index (χ1v) is 43.9. The maximum atomic E-state index is 13.0. The number of fused-ring (bicyclic) bond motifs is 4. The number of aliphatic hydroxyl groups is 4. The van der Waals surface area contributed by atoms with Gasteiger partial charge < -0.3 is 78.9 Å². The lowest BCUT2D eigenvalue weighted by Crippen LogP contribution is -2.45. The number of carbonyl (C=O) groups is 4. The van der Waals surface area contributed by atoms with Gasteiger partial charge in [-0.25, -0.2) is 52.6 Å². The smallest absolute Gasteiger partial charge is 0.276 e. The fourth-order valence-electron chi connectivity index (χ4n) is 12.8. The topological polar surface area (TPSA) is 534 Å². The number of aromatic nitrogens is 4. The predicted molar refractivity (Wildman–Crippen MR) is 447 cm³/mol. The number of nitrogens with zero attached hydrogens (tertiary/aromatic N) is 8. The zero-order valence-electron chi connectivity index (χ0n) is 68.2. The molecule has 8 aromatic rings. The van der Waals surface area contributed by atoms with E-state index in [4.69, 9.17) is 29.5 Å². The molecule has 6 aliphatic rings. The summed E-state index contributed by atoms with van der Waals surface area (Å²) in [5.41, 5.74) is 6.29. The van der Waals surface area contributed by atoms with Crippen molar-refractivity contribution >= 4 is 86.5 Å².